The summed E-state index contributed by atoms with van der Waals surface area (Å²) >= 11 is 0. The largest absolute Gasteiger partial charge is 0.329 e. The van der Waals surface area contributed by atoms with Crippen molar-refractivity contribution in [1.82, 2.24) is 10.2 Å². The number of benzene rings is 1. The van der Waals surface area contributed by atoms with E-state index in [4.69, 9.17) is 0 Å². The van der Waals surface area contributed by atoms with Crippen LogP contribution in [0.15, 0.2) is 24.3 Å². The summed E-state index contributed by atoms with van der Waals surface area (Å²) in [5.74, 6) is -0.162. The van der Waals surface area contributed by atoms with Crippen molar-refractivity contribution in [3.05, 3.63) is 35.4 Å². The number of hydrogen-bond acceptors (Lipinski definition) is 2. The molecule has 1 aliphatic heterocycles. The van der Waals surface area contributed by atoms with Crippen LogP contribution < -0.4 is 5.32 Å². The maximum absolute atomic E-state index is 11.4. The molecular formula is C12H14N2O2. The van der Waals surface area contributed by atoms with Gasteiger partial charge in [0.25, 0.3) is 0 Å². The second-order valence-corrected chi connectivity index (χ2v) is 3.81. The number of carbonyl (C=O) groups is 2. The van der Waals surface area contributed by atoms with Gasteiger partial charge in [-0.1, -0.05) is 31.2 Å². The smallest absolute Gasteiger partial charge is 0.324 e. The van der Waals surface area contributed by atoms with Gasteiger partial charge in [0.05, 0.1) is 13.1 Å². The van der Waals surface area contributed by atoms with Gasteiger partial charge >= 0.3 is 6.03 Å². The number of nitrogens with zero attached hydrogens (tertiary/aromatic N) is 1. The number of imide groups is 1. The van der Waals surface area contributed by atoms with Crippen molar-refractivity contribution in [3.8, 4) is 0 Å². The van der Waals surface area contributed by atoms with Crippen LogP contribution in [0.2, 0.25) is 0 Å². The van der Waals surface area contributed by atoms with Crippen LogP contribution >= 0.6 is 0 Å². The Morgan fingerprint density at radius 2 is 1.81 bits per heavy atom. The van der Waals surface area contributed by atoms with Gasteiger partial charge in [-0.2, -0.15) is 0 Å². The minimum Gasteiger partial charge on any atom is -0.329 e. The molecule has 16 heavy (non-hydrogen) atoms. The molecule has 0 unspecified atom stereocenters. The molecule has 1 aliphatic rings. The third-order valence-corrected chi connectivity index (χ3v) is 2.71. The van der Waals surface area contributed by atoms with Crippen LogP contribution in [0.25, 0.3) is 0 Å². The lowest BCUT2D eigenvalue weighted by Crippen LogP contribution is -2.30. The summed E-state index contributed by atoms with van der Waals surface area (Å²) < 4.78 is 0. The molecule has 84 valence electrons. The number of hydrogen-bond donors (Lipinski definition) is 1. The van der Waals surface area contributed by atoms with Gasteiger partial charge in [-0.15, -0.1) is 0 Å². The third-order valence-electron chi connectivity index (χ3n) is 2.71. The van der Waals surface area contributed by atoms with Gasteiger partial charge in [-0.25, -0.2) is 4.79 Å². The number of nitrogens with one attached hydrogen (secondary N) is 1. The van der Waals surface area contributed by atoms with Gasteiger partial charge in [0.15, 0.2) is 0 Å². The molecular weight excluding hydrogens is 204 g/mol. The zero-order valence-electron chi connectivity index (χ0n) is 9.19. The summed E-state index contributed by atoms with van der Waals surface area (Å²) in [6.07, 6.45) is 0.989. The zero-order chi connectivity index (χ0) is 11.5. The first-order valence-electron chi connectivity index (χ1n) is 5.36. The number of amides is 3. The fraction of sp³-hybridized carbons (Fsp3) is 0.333. The lowest BCUT2D eigenvalue weighted by atomic mass is 10.1. The highest BCUT2D eigenvalue weighted by Crippen LogP contribution is 2.10. The van der Waals surface area contributed by atoms with Crippen molar-refractivity contribution >= 4 is 11.9 Å². The van der Waals surface area contributed by atoms with E-state index in [1.54, 1.807) is 0 Å². The lowest BCUT2D eigenvalue weighted by molar-refractivity contribution is -0.125. The van der Waals surface area contributed by atoms with Crippen molar-refractivity contribution in [2.24, 2.45) is 0 Å². The second-order valence-electron chi connectivity index (χ2n) is 3.81. The Balaban J connectivity index is 2.08. The minimum absolute atomic E-state index is 0.117. The van der Waals surface area contributed by atoms with Gasteiger partial charge < -0.3 is 5.32 Å². The molecule has 2 rings (SSSR count). The Morgan fingerprint density at radius 3 is 2.31 bits per heavy atom. The predicted molar refractivity (Wildman–Crippen MR) is 59.8 cm³/mol. The van der Waals surface area contributed by atoms with Crippen LogP contribution in [0.1, 0.15) is 18.1 Å². The Kier molecular flexibility index (Phi) is 2.90. The van der Waals surface area contributed by atoms with E-state index < -0.39 is 0 Å². The molecule has 1 heterocycles. The van der Waals surface area contributed by atoms with Gasteiger partial charge in [0.2, 0.25) is 5.91 Å². The fourth-order valence-electron chi connectivity index (χ4n) is 1.68. The first-order valence-corrected chi connectivity index (χ1v) is 5.36. The second kappa shape index (κ2) is 4.35. The van der Waals surface area contributed by atoms with Crippen molar-refractivity contribution in [3.63, 3.8) is 0 Å². The van der Waals surface area contributed by atoms with Crippen molar-refractivity contribution < 1.29 is 9.59 Å². The Labute approximate surface area is 94.2 Å². The van der Waals surface area contributed by atoms with E-state index in [0.717, 1.165) is 12.0 Å². The molecule has 0 atom stereocenters. The van der Waals surface area contributed by atoms with Gasteiger partial charge in [0.1, 0.15) is 0 Å². The molecule has 3 amide bonds. The average molecular weight is 218 g/mol. The molecule has 1 N–H and O–H groups in total. The van der Waals surface area contributed by atoms with E-state index in [0.29, 0.717) is 6.54 Å². The highest BCUT2D eigenvalue weighted by Gasteiger charge is 2.28. The van der Waals surface area contributed by atoms with Crippen LogP contribution in [0, 0.1) is 0 Å². The van der Waals surface area contributed by atoms with Crippen molar-refractivity contribution in [2.45, 2.75) is 19.9 Å². The molecule has 0 saturated carbocycles. The van der Waals surface area contributed by atoms with Crippen molar-refractivity contribution in [2.75, 3.05) is 6.54 Å². The highest BCUT2D eigenvalue weighted by molar-refractivity contribution is 6.01. The molecule has 0 bridgehead atoms. The van der Waals surface area contributed by atoms with Gasteiger partial charge in [0, 0.05) is 0 Å². The SMILES string of the molecule is CCc1ccc(CN2C(=O)CNC2=O)cc1. The summed E-state index contributed by atoms with van der Waals surface area (Å²) in [4.78, 5) is 23.9. The van der Waals surface area contributed by atoms with E-state index >= 15 is 0 Å². The molecule has 0 aromatic heterocycles. The monoisotopic (exact) mass is 218 g/mol. The molecule has 0 radical (unpaired) electrons. The molecule has 4 heteroatoms. The van der Waals surface area contributed by atoms with Crippen LogP contribution in [0.4, 0.5) is 4.79 Å². The lowest BCUT2D eigenvalue weighted by Gasteiger charge is -2.12. The van der Waals surface area contributed by atoms with Crippen LogP contribution in [-0.2, 0) is 17.8 Å². The molecule has 1 saturated heterocycles. The van der Waals surface area contributed by atoms with E-state index in [-0.39, 0.29) is 18.5 Å². The molecule has 0 aliphatic carbocycles. The maximum Gasteiger partial charge on any atom is 0.324 e. The summed E-state index contributed by atoms with van der Waals surface area (Å²) in [5.41, 5.74) is 2.23. The van der Waals surface area contributed by atoms with Gasteiger partial charge in [-0.05, 0) is 17.5 Å². The number of urea groups is 1. The van der Waals surface area contributed by atoms with Crippen LogP contribution in [0.3, 0.4) is 0 Å². The first kappa shape index (κ1) is 10.7. The van der Waals surface area contributed by atoms with Crippen LogP contribution in [-0.4, -0.2) is 23.4 Å². The highest BCUT2D eigenvalue weighted by atomic mass is 16.2. The Morgan fingerprint density at radius 1 is 1.19 bits per heavy atom. The number of rotatable bonds is 3. The third kappa shape index (κ3) is 2.05. The minimum atomic E-state index is -0.301. The van der Waals surface area contributed by atoms with E-state index in [1.165, 1.54) is 10.5 Å². The first-order chi connectivity index (χ1) is 7.70. The molecule has 4 nitrogen and oxygen atoms in total. The predicted octanol–water partition coefficient (Wildman–Crippen LogP) is 1.30. The molecule has 0 spiro atoms. The van der Waals surface area contributed by atoms with E-state index in [9.17, 15) is 9.59 Å². The normalized spacial score (nSPS) is 15.4. The molecule has 1 aromatic carbocycles. The Bertz CT molecular complexity index is 396. The molecule has 1 aromatic rings. The quantitative estimate of drug-likeness (QED) is 0.777. The summed E-state index contributed by atoms with van der Waals surface area (Å²) in [5, 5.41) is 2.50. The standard InChI is InChI=1S/C12H14N2O2/c1-2-9-3-5-10(6-4-9)8-14-11(15)7-13-12(14)16/h3-6H,2,7-8H2,1H3,(H,13,16). The van der Waals surface area contributed by atoms with E-state index in [1.807, 2.05) is 24.3 Å². The number of aryl methyl sites for hydroxylation is 1. The molecule has 1 fully saturated rings. The summed E-state index contributed by atoms with van der Waals surface area (Å²) in [6.45, 7) is 2.56. The maximum atomic E-state index is 11.4. The van der Waals surface area contributed by atoms with Crippen LogP contribution in [0.5, 0.6) is 0 Å². The van der Waals surface area contributed by atoms with Gasteiger partial charge in [-0.3, -0.25) is 9.69 Å². The number of carbonyl (C=O) groups excluding carboxylic acids is 2. The summed E-state index contributed by atoms with van der Waals surface area (Å²) in [7, 11) is 0. The summed E-state index contributed by atoms with van der Waals surface area (Å²) in [6, 6.07) is 7.65. The van der Waals surface area contributed by atoms with E-state index in [2.05, 4.69) is 12.2 Å². The topological polar surface area (TPSA) is 49.4 Å². The Hall–Kier alpha value is -1.84. The van der Waals surface area contributed by atoms with Crippen molar-refractivity contribution in [1.29, 1.82) is 0 Å². The average Bonchev–Trinajstić information content (AvgIpc) is 2.62. The zero-order valence-corrected chi connectivity index (χ0v) is 9.19. The fourth-order valence-corrected chi connectivity index (χ4v) is 1.68.